The molecule has 0 spiro atoms. The van der Waals surface area contributed by atoms with Crippen LogP contribution in [0.25, 0.3) is 11.0 Å². The Hall–Kier alpha value is -2.07. The summed E-state index contributed by atoms with van der Waals surface area (Å²) >= 11 is 0. The van der Waals surface area contributed by atoms with Crippen LogP contribution in [0, 0.1) is 13.8 Å². The van der Waals surface area contributed by atoms with Crippen LogP contribution in [0.5, 0.6) is 0 Å². The van der Waals surface area contributed by atoms with Gasteiger partial charge in [-0.3, -0.25) is 4.68 Å². The highest BCUT2D eigenvalue weighted by atomic mass is 16.3. The van der Waals surface area contributed by atoms with Crippen LogP contribution in [0.2, 0.25) is 0 Å². The van der Waals surface area contributed by atoms with Gasteiger partial charge >= 0.3 is 0 Å². The molecule has 0 saturated heterocycles. The lowest BCUT2D eigenvalue weighted by Crippen LogP contribution is -2.11. The molecule has 0 bridgehead atoms. The number of nitrogens with zero attached hydrogens (tertiary/aromatic N) is 2. The van der Waals surface area contributed by atoms with E-state index in [1.807, 2.05) is 49.8 Å². The normalized spacial score (nSPS) is 13.1. The van der Waals surface area contributed by atoms with Crippen LogP contribution in [-0.4, -0.2) is 9.78 Å². The van der Waals surface area contributed by atoms with Crippen LogP contribution < -0.4 is 5.73 Å². The first kappa shape index (κ1) is 12.0. The third-order valence-electron chi connectivity index (χ3n) is 3.67. The van der Waals surface area contributed by atoms with Gasteiger partial charge in [0.25, 0.3) is 0 Å². The molecule has 0 fully saturated rings. The standard InChI is InChI=1S/C15H17N3O/c1-9-5-4-6-11-7-13(19-15(9)11)14(16)12-8-17-18(3)10(12)2/h4-8,14H,16H2,1-3H3. The molecular weight excluding hydrogens is 238 g/mol. The van der Waals surface area contributed by atoms with Crippen LogP contribution >= 0.6 is 0 Å². The van der Waals surface area contributed by atoms with Crippen molar-refractivity contribution in [2.24, 2.45) is 12.8 Å². The fourth-order valence-corrected chi connectivity index (χ4v) is 2.36. The molecule has 4 heteroatoms. The third kappa shape index (κ3) is 1.85. The molecule has 0 saturated carbocycles. The Balaban J connectivity index is 2.09. The summed E-state index contributed by atoms with van der Waals surface area (Å²) in [5.41, 5.74) is 10.4. The zero-order valence-corrected chi connectivity index (χ0v) is 11.3. The monoisotopic (exact) mass is 255 g/mol. The molecule has 1 unspecified atom stereocenters. The van der Waals surface area contributed by atoms with Gasteiger partial charge in [-0.15, -0.1) is 0 Å². The topological polar surface area (TPSA) is 57.0 Å². The van der Waals surface area contributed by atoms with Gasteiger partial charge in [0.15, 0.2) is 0 Å². The summed E-state index contributed by atoms with van der Waals surface area (Å²) in [4.78, 5) is 0. The Morgan fingerprint density at radius 1 is 1.32 bits per heavy atom. The predicted molar refractivity (Wildman–Crippen MR) is 74.9 cm³/mol. The Labute approximate surface area is 111 Å². The quantitative estimate of drug-likeness (QED) is 0.766. The molecule has 98 valence electrons. The summed E-state index contributed by atoms with van der Waals surface area (Å²) in [6.45, 7) is 4.05. The molecule has 0 amide bonds. The van der Waals surface area contributed by atoms with Gasteiger partial charge in [0, 0.05) is 23.7 Å². The first-order valence-corrected chi connectivity index (χ1v) is 6.31. The molecular formula is C15H17N3O. The number of nitrogens with two attached hydrogens (primary N) is 1. The average molecular weight is 255 g/mol. The summed E-state index contributed by atoms with van der Waals surface area (Å²) in [5, 5.41) is 5.32. The van der Waals surface area contributed by atoms with Gasteiger partial charge in [-0.25, -0.2) is 0 Å². The van der Waals surface area contributed by atoms with Crippen LogP contribution in [-0.2, 0) is 7.05 Å². The summed E-state index contributed by atoms with van der Waals surface area (Å²) < 4.78 is 7.74. The van der Waals surface area contributed by atoms with Crippen molar-refractivity contribution in [1.82, 2.24) is 9.78 Å². The van der Waals surface area contributed by atoms with Crippen molar-refractivity contribution in [3.05, 3.63) is 53.0 Å². The number of aromatic nitrogens is 2. The summed E-state index contributed by atoms with van der Waals surface area (Å²) in [6, 6.07) is 7.84. The summed E-state index contributed by atoms with van der Waals surface area (Å²) in [6.07, 6.45) is 1.81. The number of benzene rings is 1. The molecule has 3 aromatic rings. The fourth-order valence-electron chi connectivity index (χ4n) is 2.36. The van der Waals surface area contributed by atoms with Gasteiger partial charge in [0.05, 0.1) is 12.2 Å². The Kier molecular flexibility index (Phi) is 2.68. The molecule has 2 N–H and O–H groups in total. The molecule has 19 heavy (non-hydrogen) atoms. The highest BCUT2D eigenvalue weighted by molar-refractivity contribution is 5.81. The maximum absolute atomic E-state index is 6.30. The summed E-state index contributed by atoms with van der Waals surface area (Å²) in [7, 11) is 1.91. The highest BCUT2D eigenvalue weighted by Crippen LogP contribution is 2.29. The van der Waals surface area contributed by atoms with E-state index in [1.54, 1.807) is 6.20 Å². The zero-order chi connectivity index (χ0) is 13.6. The molecule has 0 aliphatic carbocycles. The first-order valence-electron chi connectivity index (χ1n) is 6.31. The highest BCUT2D eigenvalue weighted by Gasteiger charge is 2.18. The van der Waals surface area contributed by atoms with Crippen molar-refractivity contribution in [1.29, 1.82) is 0 Å². The second-order valence-electron chi connectivity index (χ2n) is 4.93. The number of hydrogen-bond donors (Lipinski definition) is 1. The fraction of sp³-hybridized carbons (Fsp3) is 0.267. The van der Waals surface area contributed by atoms with Crippen molar-refractivity contribution in [2.75, 3.05) is 0 Å². The molecule has 1 atom stereocenters. The minimum atomic E-state index is -0.277. The lowest BCUT2D eigenvalue weighted by atomic mass is 10.1. The van der Waals surface area contributed by atoms with Crippen LogP contribution in [0.4, 0.5) is 0 Å². The van der Waals surface area contributed by atoms with Crippen LogP contribution in [0.1, 0.15) is 28.6 Å². The molecule has 2 heterocycles. The van der Waals surface area contributed by atoms with Gasteiger partial charge in [0.1, 0.15) is 11.3 Å². The lowest BCUT2D eigenvalue weighted by Gasteiger charge is -2.07. The van der Waals surface area contributed by atoms with E-state index in [9.17, 15) is 0 Å². The molecule has 3 rings (SSSR count). The van der Waals surface area contributed by atoms with E-state index >= 15 is 0 Å². The number of furan rings is 1. The molecule has 2 aromatic heterocycles. The number of rotatable bonds is 2. The number of para-hydroxylation sites is 1. The smallest absolute Gasteiger partial charge is 0.137 e. The Morgan fingerprint density at radius 3 is 2.74 bits per heavy atom. The summed E-state index contributed by atoms with van der Waals surface area (Å²) in [5.74, 6) is 0.778. The maximum atomic E-state index is 6.30. The van der Waals surface area contributed by atoms with Crippen molar-refractivity contribution < 1.29 is 4.42 Å². The minimum Gasteiger partial charge on any atom is -0.459 e. The molecule has 4 nitrogen and oxygen atoms in total. The SMILES string of the molecule is Cc1cccc2cc(C(N)c3cnn(C)c3C)oc12. The average Bonchev–Trinajstić information content (AvgIpc) is 2.95. The van der Waals surface area contributed by atoms with E-state index in [-0.39, 0.29) is 6.04 Å². The Morgan fingerprint density at radius 2 is 2.11 bits per heavy atom. The predicted octanol–water partition coefficient (Wildman–Crippen LogP) is 2.83. The Bertz CT molecular complexity index is 739. The van der Waals surface area contributed by atoms with Crippen LogP contribution in [0.3, 0.4) is 0 Å². The van der Waals surface area contributed by atoms with E-state index in [4.69, 9.17) is 10.2 Å². The molecule has 0 aliphatic rings. The number of hydrogen-bond acceptors (Lipinski definition) is 3. The van der Waals surface area contributed by atoms with Crippen molar-refractivity contribution in [2.45, 2.75) is 19.9 Å². The zero-order valence-electron chi connectivity index (χ0n) is 11.3. The first-order chi connectivity index (χ1) is 9.08. The van der Waals surface area contributed by atoms with E-state index < -0.39 is 0 Å². The largest absolute Gasteiger partial charge is 0.459 e. The van der Waals surface area contributed by atoms with Gasteiger partial charge in [0.2, 0.25) is 0 Å². The van der Waals surface area contributed by atoms with Crippen molar-refractivity contribution in [3.63, 3.8) is 0 Å². The van der Waals surface area contributed by atoms with E-state index in [0.29, 0.717) is 0 Å². The van der Waals surface area contributed by atoms with Crippen molar-refractivity contribution in [3.8, 4) is 0 Å². The molecule has 1 aromatic carbocycles. The van der Waals surface area contributed by atoms with E-state index in [1.165, 1.54) is 0 Å². The van der Waals surface area contributed by atoms with Gasteiger partial charge in [-0.05, 0) is 25.5 Å². The molecule has 0 radical (unpaired) electrons. The second-order valence-corrected chi connectivity index (χ2v) is 4.93. The number of aryl methyl sites for hydroxylation is 2. The lowest BCUT2D eigenvalue weighted by molar-refractivity contribution is 0.522. The van der Waals surface area contributed by atoms with Crippen LogP contribution in [0.15, 0.2) is 34.9 Å². The van der Waals surface area contributed by atoms with Crippen molar-refractivity contribution >= 4 is 11.0 Å². The molecule has 0 aliphatic heterocycles. The van der Waals surface area contributed by atoms with Gasteiger partial charge < -0.3 is 10.2 Å². The maximum Gasteiger partial charge on any atom is 0.137 e. The van der Waals surface area contributed by atoms with Gasteiger partial charge in [-0.1, -0.05) is 18.2 Å². The minimum absolute atomic E-state index is 0.277. The van der Waals surface area contributed by atoms with E-state index in [2.05, 4.69) is 5.10 Å². The van der Waals surface area contributed by atoms with E-state index in [0.717, 1.165) is 33.6 Å². The third-order valence-corrected chi connectivity index (χ3v) is 3.67. The van der Waals surface area contributed by atoms with Gasteiger partial charge in [-0.2, -0.15) is 5.10 Å². The second kappa shape index (κ2) is 4.24. The number of fused-ring (bicyclic) bond motifs is 1.